The third-order valence-electron chi connectivity index (χ3n) is 1.47. The van der Waals surface area contributed by atoms with Crippen LogP contribution in [-0.2, 0) is 0 Å². The van der Waals surface area contributed by atoms with Crippen LogP contribution in [0, 0.1) is 0 Å². The molecule has 0 radical (unpaired) electrons. The van der Waals surface area contributed by atoms with Gasteiger partial charge in [-0.1, -0.05) is 0 Å². The Bertz CT molecular complexity index is 398. The minimum absolute atomic E-state index is 1.16. The Hall–Kier alpha value is 0.148. The molecule has 0 aliphatic heterocycles. The van der Waals surface area contributed by atoms with Crippen molar-refractivity contribution in [3.05, 3.63) is 22.1 Å². The number of nitrogens with zero attached hydrogens (tertiary/aromatic N) is 1. The number of aromatic nitrogens is 1. The summed E-state index contributed by atoms with van der Waals surface area (Å²) in [5.74, 6) is 0. The van der Waals surface area contributed by atoms with Gasteiger partial charge in [0.15, 0.2) is 0 Å². The van der Waals surface area contributed by atoms with Crippen molar-refractivity contribution >= 4 is 58.7 Å². The monoisotopic (exact) mass is 289 g/mol. The van der Waals surface area contributed by atoms with Crippen LogP contribution >= 0.6 is 27.3 Å². The summed E-state index contributed by atoms with van der Waals surface area (Å²) in [4.78, 5) is 4.24. The van der Waals surface area contributed by atoms with Crippen molar-refractivity contribution in [1.82, 2.24) is 4.98 Å². The number of rotatable bonds is 0. The van der Waals surface area contributed by atoms with E-state index in [1.54, 1.807) is 28.2 Å². The molecular weight excluding hydrogens is 285 g/mol. The van der Waals surface area contributed by atoms with E-state index in [4.69, 9.17) is 0 Å². The topological polar surface area (TPSA) is 12.9 Å². The van der Waals surface area contributed by atoms with Gasteiger partial charge in [-0.25, -0.2) is 0 Å². The Labute approximate surface area is 85.5 Å². The van der Waals surface area contributed by atoms with Crippen LogP contribution in [-0.4, -0.2) is 21.8 Å². The Morgan fingerprint density at radius 1 is 1.55 bits per heavy atom. The van der Waals surface area contributed by atoms with E-state index in [0.29, 0.717) is 0 Å². The van der Waals surface area contributed by atoms with Crippen LogP contribution in [0.5, 0.6) is 0 Å². The van der Waals surface area contributed by atoms with Gasteiger partial charge in [-0.15, -0.1) is 0 Å². The van der Waals surface area contributed by atoms with Crippen LogP contribution in [0.4, 0.5) is 0 Å². The van der Waals surface area contributed by atoms with Crippen molar-refractivity contribution in [2.24, 2.45) is 0 Å². The maximum absolute atomic E-state index is 4.24. The molecule has 0 saturated heterocycles. The van der Waals surface area contributed by atoms with Crippen molar-refractivity contribution in [2.75, 3.05) is 0 Å². The number of fused-ring (bicyclic) bond motifs is 1. The van der Waals surface area contributed by atoms with Crippen molar-refractivity contribution < 1.29 is 0 Å². The van der Waals surface area contributed by atoms with E-state index < -0.39 is 0 Å². The van der Waals surface area contributed by atoms with Gasteiger partial charge < -0.3 is 0 Å². The van der Waals surface area contributed by atoms with E-state index in [0.717, 1.165) is 4.48 Å². The van der Waals surface area contributed by atoms with Crippen molar-refractivity contribution in [3.63, 3.8) is 0 Å². The van der Waals surface area contributed by atoms with Gasteiger partial charge in [-0.05, 0) is 0 Å². The van der Waals surface area contributed by atoms with Gasteiger partial charge in [0.1, 0.15) is 0 Å². The Kier molecular flexibility index (Phi) is 2.04. The first kappa shape index (κ1) is 7.78. The van der Waals surface area contributed by atoms with Crippen LogP contribution in [0.1, 0.15) is 0 Å². The average Bonchev–Trinajstić information content (AvgIpc) is 2.34. The van der Waals surface area contributed by atoms with Gasteiger partial charge >= 0.3 is 85.8 Å². The fourth-order valence-corrected chi connectivity index (χ4v) is 4.12. The number of hydrogen-bond acceptors (Lipinski definition) is 2. The summed E-state index contributed by atoms with van der Waals surface area (Å²) < 4.78 is 3.64. The summed E-state index contributed by atoms with van der Waals surface area (Å²) in [6.45, 7) is 0. The standard InChI is InChI=1S/C7H5AsBrNS/c8-7-6-4(9)3-11-5(6)1-2-10-7/h1-3H,8H2. The molecule has 0 N–H and O–H groups in total. The van der Waals surface area contributed by atoms with Crippen LogP contribution in [0.25, 0.3) is 10.1 Å². The Balaban J connectivity index is 2.96. The minimum atomic E-state index is 1.16. The molecule has 1 nitrogen and oxygen atoms in total. The van der Waals surface area contributed by atoms with E-state index in [1.165, 1.54) is 14.6 Å². The predicted octanol–water partition coefficient (Wildman–Crippen LogP) is 1.32. The van der Waals surface area contributed by atoms with Gasteiger partial charge in [-0.3, -0.25) is 0 Å². The zero-order valence-electron chi connectivity index (χ0n) is 5.54. The number of thiophene rings is 1. The summed E-state index contributed by atoms with van der Waals surface area (Å²) >= 11 is 6.82. The Morgan fingerprint density at radius 3 is 3.09 bits per heavy atom. The third-order valence-corrected chi connectivity index (χ3v) is 4.26. The molecule has 0 fully saturated rings. The molecule has 0 aliphatic rings. The van der Waals surface area contributed by atoms with E-state index in [1.807, 2.05) is 12.3 Å². The average molecular weight is 290 g/mol. The number of halogens is 1. The molecule has 56 valence electrons. The summed E-state index contributed by atoms with van der Waals surface area (Å²) in [6, 6.07) is 2.05. The molecule has 1 atom stereocenters. The first-order valence-corrected chi connectivity index (χ1v) is 5.94. The molecular formula is C7H5AsBrNS. The fraction of sp³-hybridized carbons (Fsp3) is 0. The van der Waals surface area contributed by atoms with Gasteiger partial charge in [-0.2, -0.15) is 0 Å². The summed E-state index contributed by atoms with van der Waals surface area (Å²) in [5, 5.41) is 3.38. The molecule has 0 aliphatic carbocycles. The first-order chi connectivity index (χ1) is 5.29. The van der Waals surface area contributed by atoms with E-state index in [-0.39, 0.29) is 0 Å². The molecule has 0 spiro atoms. The molecule has 2 aromatic rings. The normalized spacial score (nSPS) is 10.7. The molecule has 2 aromatic heterocycles. The van der Waals surface area contributed by atoms with Gasteiger partial charge in [0, 0.05) is 0 Å². The second-order valence-corrected chi connectivity index (χ2v) is 5.07. The second kappa shape index (κ2) is 2.89. The number of pyridine rings is 1. The first-order valence-electron chi connectivity index (χ1n) is 3.06. The number of hydrogen-bond donors (Lipinski definition) is 0. The third kappa shape index (κ3) is 1.26. The summed E-state index contributed by atoms with van der Waals surface area (Å²) in [7, 11) is 0. The van der Waals surface area contributed by atoms with Crippen LogP contribution in [0.3, 0.4) is 0 Å². The maximum atomic E-state index is 4.24. The second-order valence-electron chi connectivity index (χ2n) is 2.15. The molecule has 0 bridgehead atoms. The summed E-state index contributed by atoms with van der Waals surface area (Å²) in [5.41, 5.74) is 0. The molecule has 11 heavy (non-hydrogen) atoms. The van der Waals surface area contributed by atoms with Crippen molar-refractivity contribution in [3.8, 4) is 0 Å². The zero-order chi connectivity index (χ0) is 7.84. The SMILES string of the molecule is [AsH2]c1nccc2scc(Br)c12. The summed E-state index contributed by atoms with van der Waals surface area (Å²) in [6.07, 6.45) is 1.86. The molecule has 0 amide bonds. The fourth-order valence-electron chi connectivity index (χ4n) is 0.972. The zero-order valence-corrected chi connectivity index (χ0v) is 10.4. The molecule has 0 saturated carbocycles. The molecule has 2 rings (SSSR count). The van der Waals surface area contributed by atoms with E-state index >= 15 is 0 Å². The van der Waals surface area contributed by atoms with E-state index in [2.05, 4.69) is 26.3 Å². The van der Waals surface area contributed by atoms with Crippen molar-refractivity contribution in [2.45, 2.75) is 0 Å². The molecule has 1 unspecified atom stereocenters. The predicted molar refractivity (Wildman–Crippen MR) is 55.5 cm³/mol. The Morgan fingerprint density at radius 2 is 2.36 bits per heavy atom. The molecule has 2 heterocycles. The van der Waals surface area contributed by atoms with Crippen molar-refractivity contribution in [1.29, 1.82) is 0 Å². The van der Waals surface area contributed by atoms with Crippen LogP contribution in [0.2, 0.25) is 0 Å². The van der Waals surface area contributed by atoms with Crippen LogP contribution in [0.15, 0.2) is 22.1 Å². The van der Waals surface area contributed by atoms with Crippen LogP contribution < -0.4 is 4.48 Å². The van der Waals surface area contributed by atoms with Gasteiger partial charge in [0.25, 0.3) is 0 Å². The molecule has 0 aromatic carbocycles. The van der Waals surface area contributed by atoms with Gasteiger partial charge in [0.05, 0.1) is 0 Å². The molecule has 4 heteroatoms. The van der Waals surface area contributed by atoms with Gasteiger partial charge in [0.2, 0.25) is 0 Å². The van der Waals surface area contributed by atoms with E-state index in [9.17, 15) is 0 Å². The quantitative estimate of drug-likeness (QED) is 0.667.